The van der Waals surface area contributed by atoms with E-state index < -0.39 is 124 Å². The summed E-state index contributed by atoms with van der Waals surface area (Å²) in [5.74, 6) is -22.0. The Morgan fingerprint density at radius 2 is 1.07 bits per heavy atom. The van der Waals surface area contributed by atoms with Crippen LogP contribution >= 0.6 is 0 Å². The van der Waals surface area contributed by atoms with E-state index in [0.717, 1.165) is 5.69 Å². The number of nitrogens with one attached hydrogen (secondary N) is 2. The lowest BCUT2D eigenvalue weighted by Crippen LogP contribution is -2.44. The highest BCUT2D eigenvalue weighted by molar-refractivity contribution is 6.06. The van der Waals surface area contributed by atoms with Crippen molar-refractivity contribution in [3.63, 3.8) is 0 Å². The molecule has 5 aromatic carbocycles. The number of cyclic esters (lactones) is 2. The molecule has 2 heterocycles. The highest BCUT2D eigenvalue weighted by atomic mass is 16.6. The summed E-state index contributed by atoms with van der Waals surface area (Å²) in [7, 11) is 11.3. The Morgan fingerprint density at radius 3 is 1.54 bits per heavy atom. The van der Waals surface area contributed by atoms with E-state index in [4.69, 9.17) is 9.47 Å². The Kier molecular flexibility index (Phi) is 25.1. The molecule has 0 aromatic heterocycles. The molecule has 2 aliphatic rings. The van der Waals surface area contributed by atoms with Gasteiger partial charge in [-0.05, 0) is 150 Å². The summed E-state index contributed by atoms with van der Waals surface area (Å²) >= 11 is 0. The van der Waals surface area contributed by atoms with Crippen molar-refractivity contribution >= 4 is 59.2 Å². The molecule has 4 N–H and O–H groups in total. The van der Waals surface area contributed by atoms with Gasteiger partial charge in [-0.1, -0.05) is 135 Å². The van der Waals surface area contributed by atoms with Gasteiger partial charge in [-0.2, -0.15) is 0 Å². The molecule has 5 aromatic rings. The number of anilines is 1. The molecule has 19 nitrogen and oxygen atoms in total. The Labute approximate surface area is 528 Å². The summed E-state index contributed by atoms with van der Waals surface area (Å²) in [6, 6.07) is 42.2. The summed E-state index contributed by atoms with van der Waals surface area (Å²) < 4.78 is 11.2. The number of rotatable bonds is 34. The van der Waals surface area contributed by atoms with Gasteiger partial charge in [0.2, 0.25) is 17.7 Å². The minimum absolute atomic E-state index is 0.0117. The van der Waals surface area contributed by atoms with Crippen molar-refractivity contribution in [2.24, 2.45) is 47.3 Å². The van der Waals surface area contributed by atoms with Gasteiger partial charge in [-0.3, -0.25) is 48.1 Å². The number of carbonyl (C=O) groups is 9. The molecule has 12 unspecified atom stereocenters. The number of hydrogen-bond acceptors (Lipinski definition) is 14. The number of benzene rings is 5. The lowest BCUT2D eigenvalue weighted by atomic mass is 9.64. The second kappa shape index (κ2) is 32.8. The van der Waals surface area contributed by atoms with Crippen LogP contribution in [0.25, 0.3) is 0 Å². The van der Waals surface area contributed by atoms with Gasteiger partial charge in [-0.25, -0.2) is 0 Å². The number of amides is 4. The van der Waals surface area contributed by atoms with Crippen molar-refractivity contribution in [2.75, 3.05) is 86.5 Å². The van der Waals surface area contributed by atoms with Crippen LogP contribution in [0.1, 0.15) is 109 Å². The lowest BCUT2D eigenvalue weighted by Gasteiger charge is -2.37. The SMILES string of the molecule is CCC(c1ccccc1)C(C(=O)OCCNC(=O)c1ccc(N(C)C)cc1)C(CC(c1ccccc1)C1C(=O)N(CCCN(C)C)C(=O)C1CC(c1ccccc1)C(C(=O)NCCCN(C)C)C(CC(c1ccccc1)C1C(=O)OC(=O)C1C)C(=O)O)C(=O)O. The van der Waals surface area contributed by atoms with E-state index in [-0.39, 0.29) is 51.9 Å². The number of aliphatic carboxylic acids is 2. The zero-order valence-electron chi connectivity index (χ0n) is 52.9. The summed E-state index contributed by atoms with van der Waals surface area (Å²) in [5.41, 5.74) is 3.48. The normalized spacial score (nSPS) is 19.3. The highest BCUT2D eigenvalue weighted by Crippen LogP contribution is 2.51. The first-order valence-corrected chi connectivity index (χ1v) is 31.2. The van der Waals surface area contributed by atoms with E-state index in [1.165, 1.54) is 4.90 Å². The van der Waals surface area contributed by atoms with Crippen molar-refractivity contribution in [3.8, 4) is 0 Å². The minimum Gasteiger partial charge on any atom is -0.481 e. The fourth-order valence-electron chi connectivity index (χ4n) is 13.4. The first kappa shape index (κ1) is 68.9. The van der Waals surface area contributed by atoms with Gasteiger partial charge in [0.25, 0.3) is 5.91 Å². The number of carboxylic acids is 2. The maximum Gasteiger partial charge on any atom is 0.318 e. The zero-order chi connectivity index (χ0) is 65.2. The molecule has 0 aliphatic carbocycles. The van der Waals surface area contributed by atoms with Gasteiger partial charge >= 0.3 is 29.8 Å². The molecule has 2 saturated heterocycles. The largest absolute Gasteiger partial charge is 0.481 e. The number of carboxylic acid groups (broad SMARTS) is 2. The number of likely N-dealkylation sites (tertiary alicyclic amines) is 1. The van der Waals surface area contributed by atoms with Crippen LogP contribution < -0.4 is 15.5 Å². The van der Waals surface area contributed by atoms with Crippen LogP contribution in [0, 0.1) is 47.3 Å². The summed E-state index contributed by atoms with van der Waals surface area (Å²) in [4.78, 5) is 138. The number of imide groups is 1. The number of esters is 3. The summed E-state index contributed by atoms with van der Waals surface area (Å²) in [5, 5.41) is 29.3. The minimum atomic E-state index is -1.59. The molecule has 0 saturated carbocycles. The van der Waals surface area contributed by atoms with Gasteiger partial charge < -0.3 is 45.0 Å². The first-order valence-electron chi connectivity index (χ1n) is 31.2. The molecule has 480 valence electrons. The number of ether oxygens (including phenoxy) is 2. The van der Waals surface area contributed by atoms with Gasteiger partial charge in [0.15, 0.2) is 0 Å². The van der Waals surface area contributed by atoms with E-state index in [0.29, 0.717) is 53.7 Å². The fraction of sp³-hybridized carbons (Fsp3) is 0.451. The van der Waals surface area contributed by atoms with Crippen molar-refractivity contribution < 1.29 is 62.8 Å². The van der Waals surface area contributed by atoms with Crippen LogP contribution in [0.2, 0.25) is 0 Å². The Hall–Kier alpha value is -8.55. The summed E-state index contributed by atoms with van der Waals surface area (Å²) in [6.07, 6.45) is 0.190. The van der Waals surface area contributed by atoms with Crippen molar-refractivity contribution in [3.05, 3.63) is 173 Å². The maximum absolute atomic E-state index is 15.9. The molecule has 19 heteroatoms. The van der Waals surface area contributed by atoms with Crippen LogP contribution in [0.15, 0.2) is 146 Å². The summed E-state index contributed by atoms with van der Waals surface area (Å²) in [6.45, 7) is 4.22. The Balaban J connectivity index is 1.36. The predicted octanol–water partition coefficient (Wildman–Crippen LogP) is 8.33. The molecule has 4 amide bonds. The van der Waals surface area contributed by atoms with Crippen LogP contribution in [-0.2, 0) is 47.8 Å². The molecular weight excluding hydrogens is 1140 g/mol. The third kappa shape index (κ3) is 17.4. The molecule has 90 heavy (non-hydrogen) atoms. The molecule has 12 atom stereocenters. The third-order valence-electron chi connectivity index (χ3n) is 18.0. The van der Waals surface area contributed by atoms with Gasteiger partial charge in [0.05, 0.1) is 53.9 Å². The maximum atomic E-state index is 15.9. The average Bonchev–Trinajstić information content (AvgIpc) is 1.64. The second-order valence-corrected chi connectivity index (χ2v) is 24.6. The molecule has 0 bridgehead atoms. The Morgan fingerprint density at radius 1 is 0.578 bits per heavy atom. The molecular formula is C71H88N6O13. The highest BCUT2D eigenvalue weighted by Gasteiger charge is 2.56. The van der Waals surface area contributed by atoms with E-state index in [1.807, 2.05) is 82.1 Å². The average molecular weight is 1230 g/mol. The lowest BCUT2D eigenvalue weighted by molar-refractivity contribution is -0.159. The monoisotopic (exact) mass is 1230 g/mol. The van der Waals surface area contributed by atoms with Gasteiger partial charge in [0.1, 0.15) is 6.61 Å². The van der Waals surface area contributed by atoms with E-state index in [1.54, 1.807) is 134 Å². The third-order valence-corrected chi connectivity index (χ3v) is 18.0. The van der Waals surface area contributed by atoms with Gasteiger partial charge in [-0.15, -0.1) is 0 Å². The molecule has 2 fully saturated rings. The number of nitrogens with zero attached hydrogens (tertiary/aromatic N) is 4. The second-order valence-electron chi connectivity index (χ2n) is 24.6. The van der Waals surface area contributed by atoms with Crippen molar-refractivity contribution in [2.45, 2.75) is 76.0 Å². The molecule has 7 rings (SSSR count). The van der Waals surface area contributed by atoms with Gasteiger partial charge in [0, 0.05) is 38.4 Å². The van der Waals surface area contributed by atoms with Crippen LogP contribution in [0.5, 0.6) is 0 Å². The smallest absolute Gasteiger partial charge is 0.318 e. The van der Waals surface area contributed by atoms with E-state index in [2.05, 4.69) is 10.6 Å². The standard InChI is InChI=1S/C71H88N6O13/c1-9-52(46-24-14-10-15-25-46)62(70(87)89-41-37-73-63(78)50-32-34-51(35-33-50)76(7)8)58(68(84)85)44-55(49-30-20-13-21-31-49)61-56(65(80)77(66(61)81)40-23-39-75(5)6)42-54(48-28-18-12-19-29-48)60(64(79)72-36-22-38-74(3)4)57(67(82)83)43-53(47-26-16-11-17-27-47)59-45(2)69(86)90-71(59)88/h10-21,24-35,45,52-62H,9,22-23,36-44H2,1-8H3,(H,72,79)(H,73,78)(H,82,83)(H,84,85). The number of carbonyl (C=O) groups excluding carboxylic acids is 7. The zero-order valence-corrected chi connectivity index (χ0v) is 52.9. The van der Waals surface area contributed by atoms with Crippen LogP contribution in [0.4, 0.5) is 5.69 Å². The fourth-order valence-corrected chi connectivity index (χ4v) is 13.4. The van der Waals surface area contributed by atoms with E-state index in [9.17, 15) is 34.2 Å². The van der Waals surface area contributed by atoms with Crippen LogP contribution in [-0.4, -0.2) is 160 Å². The van der Waals surface area contributed by atoms with Crippen LogP contribution in [0.3, 0.4) is 0 Å². The quantitative estimate of drug-likeness (QED) is 0.0131. The molecule has 0 spiro atoms. The topological polar surface area (TPSA) is 250 Å². The number of hydrogen-bond donors (Lipinski definition) is 4. The van der Waals surface area contributed by atoms with Crippen molar-refractivity contribution in [1.29, 1.82) is 0 Å². The van der Waals surface area contributed by atoms with Crippen molar-refractivity contribution in [1.82, 2.24) is 25.3 Å². The van der Waals surface area contributed by atoms with E-state index >= 15 is 19.2 Å². The molecule has 0 radical (unpaired) electrons. The predicted molar refractivity (Wildman–Crippen MR) is 341 cm³/mol. The molecule has 2 aliphatic heterocycles. The first-order chi connectivity index (χ1) is 43.1. The Bertz CT molecular complexity index is 3220.